The summed E-state index contributed by atoms with van der Waals surface area (Å²) >= 11 is 0. The Balaban J connectivity index is 2.26. The summed E-state index contributed by atoms with van der Waals surface area (Å²) in [5, 5.41) is 11.2. The van der Waals surface area contributed by atoms with Gasteiger partial charge in [-0.2, -0.15) is 0 Å². The summed E-state index contributed by atoms with van der Waals surface area (Å²) in [6.07, 6.45) is 3.45. The minimum absolute atomic E-state index is 0.0286. The van der Waals surface area contributed by atoms with Crippen molar-refractivity contribution >= 4 is 11.6 Å². The van der Waals surface area contributed by atoms with Gasteiger partial charge in [-0.25, -0.2) is 0 Å². The second kappa shape index (κ2) is 6.00. The summed E-state index contributed by atoms with van der Waals surface area (Å²) in [6.45, 7) is 3.63. The molecule has 20 heavy (non-hydrogen) atoms. The molecule has 0 bridgehead atoms. The lowest BCUT2D eigenvalue weighted by molar-refractivity contribution is -0.385. The Bertz CT molecular complexity index is 530. The summed E-state index contributed by atoms with van der Waals surface area (Å²) in [5.41, 5.74) is 5.94. The zero-order chi connectivity index (χ0) is 14.7. The van der Waals surface area contributed by atoms with Gasteiger partial charge in [-0.3, -0.25) is 19.8 Å². The lowest BCUT2D eigenvalue weighted by Gasteiger charge is -2.33. The first-order chi connectivity index (χ1) is 9.49. The van der Waals surface area contributed by atoms with Crippen LogP contribution < -0.4 is 5.73 Å². The van der Waals surface area contributed by atoms with Crippen LogP contribution in [0.4, 0.5) is 5.69 Å². The fourth-order valence-corrected chi connectivity index (χ4v) is 2.63. The van der Waals surface area contributed by atoms with Gasteiger partial charge in [0.25, 0.3) is 5.69 Å². The van der Waals surface area contributed by atoms with Crippen molar-refractivity contribution in [3.05, 3.63) is 39.4 Å². The largest absolute Gasteiger partial charge is 0.366 e. The maximum atomic E-state index is 11.2. The molecule has 2 rings (SSSR count). The standard InChI is InChI=1S/C14H19N3O3/c1-10-4-2-3-7-16(10)9-12-6-5-11(14(15)18)8-13(12)17(19)20/h5-6,8,10H,2-4,7,9H2,1H3,(H2,15,18)/t10-/m1/s1. The molecular formula is C14H19N3O3. The van der Waals surface area contributed by atoms with Crippen molar-refractivity contribution < 1.29 is 9.72 Å². The van der Waals surface area contributed by atoms with E-state index >= 15 is 0 Å². The number of piperidine rings is 1. The van der Waals surface area contributed by atoms with Crippen molar-refractivity contribution in [3.8, 4) is 0 Å². The number of nitro benzene ring substituents is 1. The molecule has 6 nitrogen and oxygen atoms in total. The molecule has 108 valence electrons. The first kappa shape index (κ1) is 14.5. The number of nitro groups is 1. The molecule has 6 heteroatoms. The predicted octanol–water partition coefficient (Wildman–Crippen LogP) is 2.07. The molecule has 2 N–H and O–H groups in total. The van der Waals surface area contributed by atoms with Gasteiger partial charge in [0.15, 0.2) is 0 Å². The Morgan fingerprint density at radius 1 is 1.50 bits per heavy atom. The third-order valence-electron chi connectivity index (χ3n) is 3.88. The van der Waals surface area contributed by atoms with Crippen LogP contribution in [-0.4, -0.2) is 28.3 Å². The van der Waals surface area contributed by atoms with Gasteiger partial charge in [0.1, 0.15) is 0 Å². The van der Waals surface area contributed by atoms with Crippen LogP contribution in [0, 0.1) is 10.1 Å². The molecule has 1 saturated heterocycles. The van der Waals surface area contributed by atoms with E-state index in [1.807, 2.05) is 0 Å². The zero-order valence-corrected chi connectivity index (χ0v) is 11.5. The number of carbonyl (C=O) groups excluding carboxylic acids is 1. The van der Waals surface area contributed by atoms with Gasteiger partial charge >= 0.3 is 0 Å². The Kier molecular flexibility index (Phi) is 4.34. The van der Waals surface area contributed by atoms with E-state index in [0.717, 1.165) is 19.4 Å². The molecule has 0 aromatic heterocycles. The highest BCUT2D eigenvalue weighted by Gasteiger charge is 2.23. The summed E-state index contributed by atoms with van der Waals surface area (Å²) < 4.78 is 0. The van der Waals surface area contributed by atoms with Crippen LogP contribution in [0.5, 0.6) is 0 Å². The molecular weight excluding hydrogens is 258 g/mol. The second-order valence-corrected chi connectivity index (χ2v) is 5.28. The van der Waals surface area contributed by atoms with E-state index in [-0.39, 0.29) is 11.3 Å². The van der Waals surface area contributed by atoms with Gasteiger partial charge in [0.05, 0.1) is 4.92 Å². The number of nitrogens with zero attached hydrogens (tertiary/aromatic N) is 2. The predicted molar refractivity (Wildman–Crippen MR) is 75.3 cm³/mol. The Morgan fingerprint density at radius 2 is 2.25 bits per heavy atom. The molecule has 0 radical (unpaired) electrons. The molecule has 1 aromatic rings. The number of rotatable bonds is 4. The number of nitrogens with two attached hydrogens (primary N) is 1. The Hall–Kier alpha value is -1.95. The molecule has 0 spiro atoms. The topological polar surface area (TPSA) is 89.5 Å². The minimum atomic E-state index is -0.647. The van der Waals surface area contributed by atoms with E-state index in [2.05, 4.69) is 11.8 Å². The molecule has 1 fully saturated rings. The van der Waals surface area contributed by atoms with Crippen molar-refractivity contribution in [1.82, 2.24) is 4.90 Å². The van der Waals surface area contributed by atoms with Crippen molar-refractivity contribution in [2.24, 2.45) is 5.73 Å². The number of likely N-dealkylation sites (tertiary alicyclic amines) is 1. The van der Waals surface area contributed by atoms with Crippen LogP contribution in [-0.2, 0) is 6.54 Å². The molecule has 1 aliphatic rings. The summed E-state index contributed by atoms with van der Waals surface area (Å²) in [4.78, 5) is 24.1. The van der Waals surface area contributed by atoms with E-state index < -0.39 is 10.8 Å². The average molecular weight is 277 g/mol. The van der Waals surface area contributed by atoms with Gasteiger partial charge in [0.2, 0.25) is 5.91 Å². The van der Waals surface area contributed by atoms with E-state index in [4.69, 9.17) is 5.73 Å². The van der Waals surface area contributed by atoms with Crippen LogP contribution >= 0.6 is 0 Å². The number of benzene rings is 1. The normalized spacial score (nSPS) is 19.8. The molecule has 0 unspecified atom stereocenters. The number of primary amides is 1. The lowest BCUT2D eigenvalue weighted by atomic mass is 10.0. The number of hydrogen-bond acceptors (Lipinski definition) is 4. The number of carbonyl (C=O) groups is 1. The summed E-state index contributed by atoms with van der Waals surface area (Å²) in [5.74, 6) is -0.647. The van der Waals surface area contributed by atoms with E-state index in [1.54, 1.807) is 12.1 Å². The Morgan fingerprint density at radius 3 is 2.85 bits per heavy atom. The monoisotopic (exact) mass is 277 g/mol. The van der Waals surface area contributed by atoms with E-state index in [9.17, 15) is 14.9 Å². The zero-order valence-electron chi connectivity index (χ0n) is 11.5. The molecule has 1 aromatic carbocycles. The van der Waals surface area contributed by atoms with Crippen molar-refractivity contribution in [1.29, 1.82) is 0 Å². The first-order valence-electron chi connectivity index (χ1n) is 6.80. The quantitative estimate of drug-likeness (QED) is 0.674. The Labute approximate surface area is 117 Å². The van der Waals surface area contributed by atoms with Crippen LogP contribution in [0.25, 0.3) is 0 Å². The molecule has 1 amide bonds. The highest BCUT2D eigenvalue weighted by molar-refractivity contribution is 5.93. The summed E-state index contributed by atoms with van der Waals surface area (Å²) in [6, 6.07) is 4.89. The maximum absolute atomic E-state index is 11.2. The third-order valence-corrected chi connectivity index (χ3v) is 3.88. The fraction of sp³-hybridized carbons (Fsp3) is 0.500. The third kappa shape index (κ3) is 3.14. The van der Waals surface area contributed by atoms with Crippen LogP contribution in [0.15, 0.2) is 18.2 Å². The van der Waals surface area contributed by atoms with E-state index in [0.29, 0.717) is 18.2 Å². The molecule has 1 heterocycles. The van der Waals surface area contributed by atoms with E-state index in [1.165, 1.54) is 12.5 Å². The lowest BCUT2D eigenvalue weighted by Crippen LogP contribution is -2.36. The van der Waals surface area contributed by atoms with Gasteiger partial charge in [-0.1, -0.05) is 12.5 Å². The fourth-order valence-electron chi connectivity index (χ4n) is 2.63. The average Bonchev–Trinajstić information content (AvgIpc) is 2.41. The number of hydrogen-bond donors (Lipinski definition) is 1. The van der Waals surface area contributed by atoms with Crippen molar-refractivity contribution in [3.63, 3.8) is 0 Å². The first-order valence-corrected chi connectivity index (χ1v) is 6.80. The van der Waals surface area contributed by atoms with Gasteiger partial charge in [-0.15, -0.1) is 0 Å². The van der Waals surface area contributed by atoms with Crippen molar-refractivity contribution in [2.45, 2.75) is 38.8 Å². The molecule has 0 saturated carbocycles. The van der Waals surface area contributed by atoms with Crippen molar-refractivity contribution in [2.75, 3.05) is 6.54 Å². The van der Waals surface area contributed by atoms with Crippen LogP contribution in [0.1, 0.15) is 42.1 Å². The SMILES string of the molecule is C[C@@H]1CCCCN1Cc1ccc(C(N)=O)cc1[N+](=O)[O-]. The number of amides is 1. The maximum Gasteiger partial charge on any atom is 0.274 e. The highest BCUT2D eigenvalue weighted by atomic mass is 16.6. The molecule has 0 aliphatic carbocycles. The summed E-state index contributed by atoms with van der Waals surface area (Å²) in [7, 11) is 0. The highest BCUT2D eigenvalue weighted by Crippen LogP contribution is 2.25. The molecule has 1 aliphatic heterocycles. The van der Waals surface area contributed by atoms with Gasteiger partial charge in [-0.05, 0) is 32.4 Å². The second-order valence-electron chi connectivity index (χ2n) is 5.28. The molecule has 1 atom stereocenters. The smallest absolute Gasteiger partial charge is 0.274 e. The minimum Gasteiger partial charge on any atom is -0.366 e. The van der Waals surface area contributed by atoms with Gasteiger partial charge < -0.3 is 5.73 Å². The van der Waals surface area contributed by atoms with Gasteiger partial charge in [0, 0.05) is 29.8 Å². The van der Waals surface area contributed by atoms with Crippen LogP contribution in [0.3, 0.4) is 0 Å². The van der Waals surface area contributed by atoms with Crippen LogP contribution in [0.2, 0.25) is 0 Å².